The highest BCUT2D eigenvalue weighted by Gasteiger charge is 2.21. The summed E-state index contributed by atoms with van der Waals surface area (Å²) in [5.41, 5.74) is 1.14. The van der Waals surface area contributed by atoms with Gasteiger partial charge in [-0.05, 0) is 30.5 Å². The number of methoxy groups -OCH3 is 1. The molecule has 0 spiro atoms. The predicted molar refractivity (Wildman–Crippen MR) is 89.2 cm³/mol. The van der Waals surface area contributed by atoms with Gasteiger partial charge in [0.1, 0.15) is 5.75 Å². The molecule has 0 N–H and O–H groups in total. The second kappa shape index (κ2) is 7.67. The molecular formula is C16H20INO2. The highest BCUT2D eigenvalue weighted by molar-refractivity contribution is 14.1. The minimum Gasteiger partial charge on any atom is -0.497 e. The van der Waals surface area contributed by atoms with Crippen LogP contribution in [0.25, 0.3) is 0 Å². The van der Waals surface area contributed by atoms with Crippen molar-refractivity contribution in [2.75, 3.05) is 11.5 Å². The molecule has 0 radical (unpaired) electrons. The smallest absolute Gasteiger partial charge is 0.223 e. The zero-order valence-corrected chi connectivity index (χ0v) is 13.9. The minimum absolute atomic E-state index is 0.200. The van der Waals surface area contributed by atoms with Crippen LogP contribution in [0, 0.1) is 0 Å². The summed E-state index contributed by atoms with van der Waals surface area (Å²) in [5, 5.41) is 0. The molecule has 1 aromatic carbocycles. The summed E-state index contributed by atoms with van der Waals surface area (Å²) in [6.07, 6.45) is 6.98. The Morgan fingerprint density at radius 1 is 1.35 bits per heavy atom. The molecule has 1 heterocycles. The highest BCUT2D eigenvalue weighted by atomic mass is 127. The molecule has 4 heteroatoms. The number of benzene rings is 1. The standard InChI is InChI=1S/C16H20INO2/c1-20-15-9-7-13(8-10-15)12-18-14(11-17)5-3-2-4-6-16(18)19/h3,5,7-10,14H,2,4,6,11-12H2,1H3/t14-/m0/s1. The largest absolute Gasteiger partial charge is 0.497 e. The van der Waals surface area contributed by atoms with E-state index < -0.39 is 0 Å². The maximum absolute atomic E-state index is 12.3. The summed E-state index contributed by atoms with van der Waals surface area (Å²) in [4.78, 5) is 14.3. The van der Waals surface area contributed by atoms with Crippen LogP contribution in [0.1, 0.15) is 24.8 Å². The average molecular weight is 385 g/mol. The minimum atomic E-state index is 0.200. The summed E-state index contributed by atoms with van der Waals surface area (Å²) in [6, 6.07) is 8.14. The molecule has 1 aromatic rings. The fourth-order valence-corrected chi connectivity index (χ4v) is 3.09. The van der Waals surface area contributed by atoms with Crippen LogP contribution in [0.5, 0.6) is 5.75 Å². The lowest BCUT2D eigenvalue weighted by atomic mass is 10.1. The SMILES string of the molecule is COc1ccc(CN2C(=O)CCCC=C[C@H]2CI)cc1. The molecule has 20 heavy (non-hydrogen) atoms. The first-order valence-corrected chi connectivity index (χ1v) is 8.42. The van der Waals surface area contributed by atoms with E-state index in [2.05, 4.69) is 34.7 Å². The molecule has 0 unspecified atom stereocenters. The van der Waals surface area contributed by atoms with Gasteiger partial charge in [0.05, 0.1) is 13.2 Å². The first kappa shape index (κ1) is 15.4. The molecule has 2 rings (SSSR count). The van der Waals surface area contributed by atoms with E-state index in [1.165, 1.54) is 0 Å². The van der Waals surface area contributed by atoms with Crippen LogP contribution in [0.4, 0.5) is 0 Å². The van der Waals surface area contributed by atoms with Gasteiger partial charge in [0.15, 0.2) is 0 Å². The molecule has 0 aliphatic carbocycles. The van der Waals surface area contributed by atoms with Gasteiger partial charge in [0, 0.05) is 17.4 Å². The third-order valence-corrected chi connectivity index (χ3v) is 4.41. The van der Waals surface area contributed by atoms with Crippen molar-refractivity contribution in [3.8, 4) is 5.75 Å². The molecule has 1 aliphatic rings. The lowest BCUT2D eigenvalue weighted by Crippen LogP contribution is -2.40. The van der Waals surface area contributed by atoms with E-state index in [9.17, 15) is 4.79 Å². The molecule has 0 saturated heterocycles. The van der Waals surface area contributed by atoms with E-state index in [1.54, 1.807) is 7.11 Å². The number of hydrogen-bond donors (Lipinski definition) is 0. The van der Waals surface area contributed by atoms with E-state index in [0.717, 1.165) is 28.6 Å². The number of halogens is 1. The molecule has 0 bridgehead atoms. The van der Waals surface area contributed by atoms with Gasteiger partial charge in [-0.3, -0.25) is 4.79 Å². The highest BCUT2D eigenvalue weighted by Crippen LogP contribution is 2.19. The van der Waals surface area contributed by atoms with Crippen molar-refractivity contribution in [2.24, 2.45) is 0 Å². The predicted octanol–water partition coefficient (Wildman–Crippen LogP) is 3.57. The molecule has 108 valence electrons. The lowest BCUT2D eigenvalue weighted by molar-refractivity contribution is -0.133. The molecule has 1 amide bonds. The quantitative estimate of drug-likeness (QED) is 0.451. The summed E-state index contributed by atoms with van der Waals surface area (Å²) in [6.45, 7) is 0.667. The summed E-state index contributed by atoms with van der Waals surface area (Å²) in [5.74, 6) is 1.10. The first-order chi connectivity index (χ1) is 9.74. The van der Waals surface area contributed by atoms with Gasteiger partial charge >= 0.3 is 0 Å². The van der Waals surface area contributed by atoms with Crippen molar-refractivity contribution >= 4 is 28.5 Å². The van der Waals surface area contributed by atoms with Crippen molar-refractivity contribution in [3.63, 3.8) is 0 Å². The van der Waals surface area contributed by atoms with Crippen molar-refractivity contribution in [2.45, 2.75) is 31.8 Å². The second-order valence-corrected chi connectivity index (χ2v) is 5.79. The topological polar surface area (TPSA) is 29.5 Å². The number of amides is 1. The van der Waals surface area contributed by atoms with Gasteiger partial charge in [-0.15, -0.1) is 0 Å². The van der Waals surface area contributed by atoms with Crippen LogP contribution in [-0.2, 0) is 11.3 Å². The zero-order chi connectivity index (χ0) is 14.4. The van der Waals surface area contributed by atoms with E-state index >= 15 is 0 Å². The van der Waals surface area contributed by atoms with Gasteiger partial charge in [-0.2, -0.15) is 0 Å². The Bertz CT molecular complexity index is 470. The van der Waals surface area contributed by atoms with Crippen molar-refractivity contribution in [1.29, 1.82) is 0 Å². The normalized spacial score (nSPS) is 19.6. The van der Waals surface area contributed by atoms with Crippen LogP contribution in [0.15, 0.2) is 36.4 Å². The van der Waals surface area contributed by atoms with E-state index in [0.29, 0.717) is 13.0 Å². The van der Waals surface area contributed by atoms with Crippen molar-refractivity contribution < 1.29 is 9.53 Å². The van der Waals surface area contributed by atoms with Crippen molar-refractivity contribution in [1.82, 2.24) is 4.90 Å². The van der Waals surface area contributed by atoms with Crippen LogP contribution < -0.4 is 4.74 Å². The maximum atomic E-state index is 12.3. The third kappa shape index (κ3) is 3.98. The molecule has 0 aromatic heterocycles. The second-order valence-electron chi connectivity index (χ2n) is 4.91. The van der Waals surface area contributed by atoms with Gasteiger partial charge in [-0.25, -0.2) is 0 Å². The van der Waals surface area contributed by atoms with E-state index in [1.807, 2.05) is 29.2 Å². The monoisotopic (exact) mass is 385 g/mol. The molecule has 3 nitrogen and oxygen atoms in total. The van der Waals surface area contributed by atoms with Gasteiger partial charge < -0.3 is 9.64 Å². The molecule has 0 saturated carbocycles. The molecule has 0 fully saturated rings. The van der Waals surface area contributed by atoms with Gasteiger partial charge in [0.25, 0.3) is 0 Å². The van der Waals surface area contributed by atoms with Gasteiger partial charge in [0.2, 0.25) is 5.91 Å². The van der Waals surface area contributed by atoms with Crippen molar-refractivity contribution in [3.05, 3.63) is 42.0 Å². The molecular weight excluding hydrogens is 365 g/mol. The number of carbonyl (C=O) groups excluding carboxylic acids is 1. The van der Waals surface area contributed by atoms with Gasteiger partial charge in [-0.1, -0.05) is 46.9 Å². The molecule has 1 aliphatic heterocycles. The van der Waals surface area contributed by atoms with Crippen LogP contribution >= 0.6 is 22.6 Å². The average Bonchev–Trinajstić information content (AvgIpc) is 2.47. The third-order valence-electron chi connectivity index (χ3n) is 3.51. The summed E-state index contributed by atoms with van der Waals surface area (Å²) in [7, 11) is 1.66. The maximum Gasteiger partial charge on any atom is 0.223 e. The number of rotatable bonds is 4. The summed E-state index contributed by atoms with van der Waals surface area (Å²) < 4.78 is 6.09. The first-order valence-electron chi connectivity index (χ1n) is 6.89. The fraction of sp³-hybridized carbons (Fsp3) is 0.438. The number of alkyl halides is 1. The Kier molecular flexibility index (Phi) is 5.88. The Morgan fingerprint density at radius 2 is 2.10 bits per heavy atom. The Morgan fingerprint density at radius 3 is 2.75 bits per heavy atom. The lowest BCUT2D eigenvalue weighted by Gasteiger charge is -2.30. The Balaban J connectivity index is 2.15. The van der Waals surface area contributed by atoms with Crippen LogP contribution in [0.2, 0.25) is 0 Å². The Hall–Kier alpha value is -1.04. The van der Waals surface area contributed by atoms with E-state index in [-0.39, 0.29) is 11.9 Å². The number of hydrogen-bond acceptors (Lipinski definition) is 2. The summed E-state index contributed by atoms with van der Waals surface area (Å²) >= 11 is 2.35. The zero-order valence-electron chi connectivity index (χ0n) is 11.7. The number of nitrogens with zero attached hydrogens (tertiary/aromatic N) is 1. The number of ether oxygens (including phenoxy) is 1. The number of carbonyl (C=O) groups is 1. The van der Waals surface area contributed by atoms with Crippen LogP contribution in [0.3, 0.4) is 0 Å². The molecule has 1 atom stereocenters. The van der Waals surface area contributed by atoms with Crippen LogP contribution in [-0.4, -0.2) is 28.4 Å². The number of allylic oxidation sites excluding steroid dienone is 1. The Labute approximate surface area is 134 Å². The van der Waals surface area contributed by atoms with E-state index in [4.69, 9.17) is 4.74 Å². The fourth-order valence-electron chi connectivity index (χ4n) is 2.32.